The fourth-order valence-electron chi connectivity index (χ4n) is 1.43. The second kappa shape index (κ2) is 9.93. The first-order valence-electron chi connectivity index (χ1n) is 5.73. The second-order valence-electron chi connectivity index (χ2n) is 3.61. The Morgan fingerprint density at radius 1 is 1.40 bits per heavy atom. The highest BCUT2D eigenvalue weighted by Gasteiger charge is 2.10. The van der Waals surface area contributed by atoms with E-state index in [0.717, 1.165) is 25.9 Å². The van der Waals surface area contributed by atoms with E-state index in [-0.39, 0.29) is 11.9 Å². The molecule has 0 fully saturated rings. The molecule has 1 unspecified atom stereocenters. The highest BCUT2D eigenvalue weighted by molar-refractivity contribution is 5.76. The molecule has 0 bridgehead atoms. The molecule has 0 radical (unpaired) electrons. The Kier molecular flexibility index (Phi) is 9.52. The lowest BCUT2D eigenvalue weighted by molar-refractivity contribution is -0.122. The van der Waals surface area contributed by atoms with Gasteiger partial charge in [0, 0.05) is 20.1 Å². The Labute approximate surface area is 92.8 Å². The smallest absolute Gasteiger partial charge is 0.221 e. The van der Waals surface area contributed by atoms with Crippen molar-refractivity contribution in [2.24, 2.45) is 0 Å². The molecule has 0 aromatic heterocycles. The van der Waals surface area contributed by atoms with Crippen LogP contribution in [0.3, 0.4) is 0 Å². The summed E-state index contributed by atoms with van der Waals surface area (Å²) in [4.78, 5) is 11.5. The molecule has 1 atom stereocenters. The first kappa shape index (κ1) is 14.4. The van der Waals surface area contributed by atoms with Gasteiger partial charge in [-0.15, -0.1) is 0 Å². The third kappa shape index (κ3) is 8.39. The number of rotatable bonds is 9. The van der Waals surface area contributed by atoms with Gasteiger partial charge in [0.05, 0.1) is 12.6 Å². The zero-order valence-electron chi connectivity index (χ0n) is 10.1. The van der Waals surface area contributed by atoms with Crippen LogP contribution in [0.25, 0.3) is 0 Å². The number of ether oxygens (including phenoxy) is 1. The van der Waals surface area contributed by atoms with Gasteiger partial charge >= 0.3 is 0 Å². The summed E-state index contributed by atoms with van der Waals surface area (Å²) in [7, 11) is 1.66. The Morgan fingerprint density at radius 3 is 2.67 bits per heavy atom. The summed E-state index contributed by atoms with van der Waals surface area (Å²) in [6.07, 6.45) is 2.57. The van der Waals surface area contributed by atoms with Crippen LogP contribution in [-0.4, -0.2) is 38.8 Å². The lowest BCUT2D eigenvalue weighted by Crippen LogP contribution is -2.39. The van der Waals surface area contributed by atoms with Crippen LogP contribution in [0.15, 0.2) is 0 Å². The van der Waals surface area contributed by atoms with Crippen molar-refractivity contribution < 1.29 is 9.53 Å². The van der Waals surface area contributed by atoms with Gasteiger partial charge in [0.25, 0.3) is 0 Å². The molecule has 0 aromatic carbocycles. The molecule has 0 rings (SSSR count). The van der Waals surface area contributed by atoms with E-state index in [1.807, 2.05) is 6.92 Å². The summed E-state index contributed by atoms with van der Waals surface area (Å²) < 4.78 is 5.05. The lowest BCUT2D eigenvalue weighted by Gasteiger charge is -2.17. The van der Waals surface area contributed by atoms with Gasteiger partial charge in [0.1, 0.15) is 0 Å². The summed E-state index contributed by atoms with van der Waals surface area (Å²) in [5.74, 6) is 0.103. The molecule has 1 amide bonds. The zero-order valence-corrected chi connectivity index (χ0v) is 10.1. The molecule has 0 saturated heterocycles. The fourth-order valence-corrected chi connectivity index (χ4v) is 1.43. The van der Waals surface area contributed by atoms with Crippen molar-refractivity contribution in [3.05, 3.63) is 0 Å². The number of amides is 1. The molecule has 0 heterocycles. The van der Waals surface area contributed by atoms with E-state index in [0.29, 0.717) is 13.0 Å². The maximum Gasteiger partial charge on any atom is 0.221 e. The van der Waals surface area contributed by atoms with E-state index in [2.05, 4.69) is 17.6 Å². The first-order chi connectivity index (χ1) is 7.24. The molecular weight excluding hydrogens is 192 g/mol. The van der Waals surface area contributed by atoms with Crippen LogP contribution >= 0.6 is 0 Å². The molecule has 0 aliphatic heterocycles. The quantitative estimate of drug-likeness (QED) is 0.563. The topological polar surface area (TPSA) is 50.4 Å². The normalized spacial score (nSPS) is 12.5. The van der Waals surface area contributed by atoms with Crippen molar-refractivity contribution in [1.82, 2.24) is 10.6 Å². The van der Waals surface area contributed by atoms with E-state index < -0.39 is 0 Å². The van der Waals surface area contributed by atoms with Crippen LogP contribution in [0.1, 0.15) is 33.1 Å². The Hall–Kier alpha value is -0.610. The summed E-state index contributed by atoms with van der Waals surface area (Å²) in [5.41, 5.74) is 0. The molecule has 4 nitrogen and oxygen atoms in total. The number of carbonyl (C=O) groups excluding carboxylic acids is 1. The standard InChI is InChI=1S/C11H24N2O2/c1-4-6-10(9-15-3)13-11(14)7-8-12-5-2/h10,12H,4-9H2,1-3H3,(H,13,14). The fraction of sp³-hybridized carbons (Fsp3) is 0.909. The molecule has 15 heavy (non-hydrogen) atoms. The van der Waals surface area contributed by atoms with Crippen molar-refractivity contribution >= 4 is 5.91 Å². The summed E-state index contributed by atoms with van der Waals surface area (Å²) in [6, 6.07) is 0.161. The third-order valence-corrected chi connectivity index (χ3v) is 2.15. The third-order valence-electron chi connectivity index (χ3n) is 2.15. The van der Waals surface area contributed by atoms with E-state index >= 15 is 0 Å². The summed E-state index contributed by atoms with van der Waals surface area (Å²) in [6.45, 7) is 6.38. The van der Waals surface area contributed by atoms with Gasteiger partial charge < -0.3 is 15.4 Å². The van der Waals surface area contributed by atoms with Gasteiger partial charge in [-0.25, -0.2) is 0 Å². The Balaban J connectivity index is 3.67. The van der Waals surface area contributed by atoms with E-state index in [1.54, 1.807) is 7.11 Å². The molecule has 0 saturated carbocycles. The molecular formula is C11H24N2O2. The highest BCUT2D eigenvalue weighted by atomic mass is 16.5. The second-order valence-corrected chi connectivity index (χ2v) is 3.61. The maximum atomic E-state index is 11.5. The Morgan fingerprint density at radius 2 is 2.13 bits per heavy atom. The zero-order chi connectivity index (χ0) is 11.5. The number of hydrogen-bond donors (Lipinski definition) is 2. The molecule has 4 heteroatoms. The minimum Gasteiger partial charge on any atom is -0.383 e. The van der Waals surface area contributed by atoms with Crippen LogP contribution in [0.4, 0.5) is 0 Å². The van der Waals surface area contributed by atoms with Crippen molar-refractivity contribution in [2.75, 3.05) is 26.8 Å². The largest absolute Gasteiger partial charge is 0.383 e. The van der Waals surface area contributed by atoms with Crippen molar-refractivity contribution in [2.45, 2.75) is 39.2 Å². The highest BCUT2D eigenvalue weighted by Crippen LogP contribution is 1.97. The average Bonchev–Trinajstić information content (AvgIpc) is 2.19. The number of carbonyl (C=O) groups is 1. The number of nitrogens with one attached hydrogen (secondary N) is 2. The van der Waals surface area contributed by atoms with Crippen molar-refractivity contribution in [3.8, 4) is 0 Å². The maximum absolute atomic E-state index is 11.5. The van der Waals surface area contributed by atoms with E-state index in [4.69, 9.17) is 4.74 Å². The monoisotopic (exact) mass is 216 g/mol. The molecule has 0 aliphatic carbocycles. The van der Waals surface area contributed by atoms with Crippen LogP contribution in [-0.2, 0) is 9.53 Å². The van der Waals surface area contributed by atoms with Crippen molar-refractivity contribution in [3.63, 3.8) is 0 Å². The van der Waals surface area contributed by atoms with Gasteiger partial charge in [0.15, 0.2) is 0 Å². The molecule has 2 N–H and O–H groups in total. The predicted molar refractivity (Wildman–Crippen MR) is 61.9 cm³/mol. The van der Waals surface area contributed by atoms with Crippen LogP contribution in [0, 0.1) is 0 Å². The number of hydrogen-bond acceptors (Lipinski definition) is 3. The minimum absolute atomic E-state index is 0.103. The molecule has 0 aliphatic rings. The Bertz CT molecular complexity index is 157. The van der Waals surface area contributed by atoms with Crippen LogP contribution < -0.4 is 10.6 Å². The van der Waals surface area contributed by atoms with Gasteiger partial charge in [-0.05, 0) is 13.0 Å². The van der Waals surface area contributed by atoms with Crippen LogP contribution in [0.5, 0.6) is 0 Å². The van der Waals surface area contributed by atoms with E-state index in [9.17, 15) is 4.79 Å². The van der Waals surface area contributed by atoms with Crippen LogP contribution in [0.2, 0.25) is 0 Å². The lowest BCUT2D eigenvalue weighted by atomic mass is 10.2. The minimum atomic E-state index is 0.103. The van der Waals surface area contributed by atoms with E-state index in [1.165, 1.54) is 0 Å². The van der Waals surface area contributed by atoms with Gasteiger partial charge in [-0.2, -0.15) is 0 Å². The summed E-state index contributed by atoms with van der Waals surface area (Å²) >= 11 is 0. The SMILES string of the molecule is CCCC(COC)NC(=O)CCNCC. The predicted octanol–water partition coefficient (Wildman–Crippen LogP) is 0.917. The first-order valence-corrected chi connectivity index (χ1v) is 5.73. The van der Waals surface area contributed by atoms with Crippen molar-refractivity contribution in [1.29, 1.82) is 0 Å². The number of methoxy groups -OCH3 is 1. The van der Waals surface area contributed by atoms with Gasteiger partial charge in [-0.1, -0.05) is 20.3 Å². The molecule has 0 spiro atoms. The van der Waals surface area contributed by atoms with Gasteiger partial charge in [0.2, 0.25) is 5.91 Å². The summed E-state index contributed by atoms with van der Waals surface area (Å²) in [5, 5.41) is 6.10. The molecule has 0 aromatic rings. The van der Waals surface area contributed by atoms with Gasteiger partial charge in [-0.3, -0.25) is 4.79 Å². The average molecular weight is 216 g/mol. The molecule has 90 valence electrons.